The highest BCUT2D eigenvalue weighted by molar-refractivity contribution is 6.12. The van der Waals surface area contributed by atoms with Crippen molar-refractivity contribution in [2.75, 3.05) is 64.6 Å². The molecule has 2 saturated heterocycles. The van der Waals surface area contributed by atoms with Crippen LogP contribution in [0.4, 0.5) is 34.1 Å². The number of hydrogen-bond donors (Lipinski definition) is 6. The fourth-order valence-corrected chi connectivity index (χ4v) is 10.8. The van der Waals surface area contributed by atoms with Crippen LogP contribution in [0.5, 0.6) is 0 Å². The van der Waals surface area contributed by atoms with Crippen LogP contribution in [-0.2, 0) is 37.0 Å². The monoisotopic (exact) mass is 1190 g/mol. The van der Waals surface area contributed by atoms with Crippen molar-refractivity contribution in [3.63, 3.8) is 0 Å². The van der Waals surface area contributed by atoms with Gasteiger partial charge >= 0.3 is 0 Å². The van der Waals surface area contributed by atoms with E-state index in [1.54, 1.807) is 12.2 Å². The van der Waals surface area contributed by atoms with Gasteiger partial charge in [-0.3, -0.25) is 57.7 Å². The minimum Gasteiger partial charge on any atom is -0.465 e. The third kappa shape index (κ3) is 17.1. The Morgan fingerprint density at radius 2 is 0.802 bits per heavy atom. The summed E-state index contributed by atoms with van der Waals surface area (Å²) in [5.74, 6) is 1.00. The minimum atomic E-state index is -1.26. The molecule has 5 aromatic rings. The second-order valence-corrected chi connectivity index (χ2v) is 22.5. The van der Waals surface area contributed by atoms with Gasteiger partial charge in [0.2, 0.25) is 11.8 Å². The Bertz CT molecular complexity index is 3190. The highest BCUT2D eigenvalue weighted by Gasteiger charge is 2.68. The van der Waals surface area contributed by atoms with E-state index in [0.717, 1.165) is 113 Å². The number of furan rings is 2. The number of fused-ring (bicyclic) bond motifs is 5. The van der Waals surface area contributed by atoms with Crippen LogP contribution in [0.3, 0.4) is 0 Å². The Kier molecular flexibility index (Phi) is 26.1. The normalized spacial score (nSPS) is 18.1. The van der Waals surface area contributed by atoms with Gasteiger partial charge in [-0.15, -0.1) is 0 Å². The molecule has 0 aliphatic carbocycles. The largest absolute Gasteiger partial charge is 0.465 e. The molecule has 4 amide bonds. The third-order valence-corrected chi connectivity index (χ3v) is 15.8. The number of amides is 4. The Labute approximate surface area is 503 Å². The molecule has 2 bridgehead atoms. The van der Waals surface area contributed by atoms with E-state index < -0.39 is 56.2 Å². The van der Waals surface area contributed by atoms with E-state index >= 15 is 0 Å². The lowest BCUT2D eigenvalue weighted by atomic mass is 9.81. The molecule has 86 heavy (non-hydrogen) atoms. The van der Waals surface area contributed by atoms with Crippen molar-refractivity contribution >= 4 is 57.8 Å². The number of imide groups is 2. The fourth-order valence-electron chi connectivity index (χ4n) is 10.8. The summed E-state index contributed by atoms with van der Waals surface area (Å²) in [4.78, 5) is 121. The molecule has 4 atom stereocenters. The van der Waals surface area contributed by atoms with Crippen LogP contribution in [0, 0.1) is 25.7 Å². The zero-order chi connectivity index (χ0) is 62.3. The number of anilines is 6. The lowest BCUT2D eigenvalue weighted by Crippen LogP contribution is -2.50. The number of hydrogen-bond acceptors (Lipinski definition) is 19. The molecule has 0 spiro atoms. The lowest BCUT2D eigenvalue weighted by molar-refractivity contribution is -0.144. The number of ether oxygens (including phenoxy) is 1. The van der Waals surface area contributed by atoms with E-state index in [0.29, 0.717) is 55.5 Å². The summed E-state index contributed by atoms with van der Waals surface area (Å²) >= 11 is 0. The minimum absolute atomic E-state index is 0.150. The zero-order valence-electron chi connectivity index (χ0n) is 51.4. The summed E-state index contributed by atoms with van der Waals surface area (Å²) in [6.07, 6.45) is 26.3. The number of aryl methyl sites for hydroxylation is 2. The van der Waals surface area contributed by atoms with Crippen molar-refractivity contribution in [3.8, 4) is 0 Å². The maximum Gasteiger partial charge on any atom is 0.253 e. The van der Waals surface area contributed by atoms with Crippen molar-refractivity contribution in [1.82, 2.24) is 9.80 Å². The summed E-state index contributed by atoms with van der Waals surface area (Å²) in [6, 6.07) is 7.45. The Hall–Kier alpha value is -7.68. The molecule has 21 nitrogen and oxygen atoms in total. The molecule has 4 unspecified atom stereocenters. The first-order chi connectivity index (χ1) is 41.5. The summed E-state index contributed by atoms with van der Waals surface area (Å²) in [5.41, 5.74) is -2.18. The number of carbonyl (C=O) groups is 4. The molecule has 21 heteroatoms. The molecule has 0 radical (unpaired) electrons. The molecular formula is C65H90N8O13. The number of likely N-dealkylation sites (tertiary alicyclic amines) is 1. The van der Waals surface area contributed by atoms with Gasteiger partial charge in [-0.05, 0) is 76.3 Å². The molecule has 4 aliphatic rings. The molecular weight excluding hydrogens is 1100 g/mol. The molecule has 6 heterocycles. The Morgan fingerprint density at radius 1 is 0.430 bits per heavy atom. The molecule has 3 aromatic carbocycles. The third-order valence-electron chi connectivity index (χ3n) is 15.8. The van der Waals surface area contributed by atoms with Gasteiger partial charge in [-0.25, -0.2) is 0 Å². The molecule has 6 N–H and O–H groups in total. The summed E-state index contributed by atoms with van der Waals surface area (Å²) in [6.45, 7) is 18.1. The number of unbranched alkanes of at least 4 members (excludes halogenated alkanes) is 14. The fraction of sp³-hybridized carbons (Fsp3) is 0.569. The van der Waals surface area contributed by atoms with Crippen LogP contribution in [0.2, 0.25) is 0 Å². The van der Waals surface area contributed by atoms with Crippen molar-refractivity contribution in [3.05, 3.63) is 133 Å². The molecule has 9 rings (SSSR count). The van der Waals surface area contributed by atoms with Crippen LogP contribution in [-0.4, -0.2) is 78.0 Å². The topological polar surface area (TPSA) is 285 Å². The van der Waals surface area contributed by atoms with Crippen molar-refractivity contribution in [2.24, 2.45) is 11.8 Å². The maximum absolute atomic E-state index is 13.1. The Morgan fingerprint density at radius 3 is 1.20 bits per heavy atom. The quantitative estimate of drug-likeness (QED) is 0.00953. The van der Waals surface area contributed by atoms with E-state index in [9.17, 15) is 47.9 Å². The molecule has 2 fully saturated rings. The van der Waals surface area contributed by atoms with Crippen molar-refractivity contribution in [2.45, 2.75) is 195 Å². The van der Waals surface area contributed by atoms with Crippen molar-refractivity contribution in [1.29, 1.82) is 0 Å². The van der Waals surface area contributed by atoms with Gasteiger partial charge in [-0.1, -0.05) is 131 Å². The average molecular weight is 1190 g/mol. The lowest BCUT2D eigenvalue weighted by Gasteiger charge is -2.32. The van der Waals surface area contributed by atoms with Crippen LogP contribution >= 0.6 is 0 Å². The highest BCUT2D eigenvalue weighted by Crippen LogP contribution is 2.52. The highest BCUT2D eigenvalue weighted by atomic mass is 16.5. The molecule has 468 valence electrons. The molecule has 4 aliphatic heterocycles. The van der Waals surface area contributed by atoms with Gasteiger partial charge in [0.15, 0.2) is 5.72 Å². The van der Waals surface area contributed by atoms with Gasteiger partial charge in [0, 0.05) is 44.9 Å². The predicted octanol–water partition coefficient (Wildman–Crippen LogP) is 9.21. The number of nitrogens with one attached hydrogen (secondary N) is 6. The van der Waals surface area contributed by atoms with E-state index in [1.807, 2.05) is 52.0 Å². The van der Waals surface area contributed by atoms with Gasteiger partial charge in [0.05, 0.1) is 25.1 Å². The first-order valence-electron chi connectivity index (χ1n) is 31.3. The number of carbonyl (C=O) groups excluding carboxylic acids is 4. The van der Waals surface area contributed by atoms with Gasteiger partial charge < -0.3 is 45.5 Å². The average Bonchev–Trinajstić information content (AvgIpc) is 1.67. The van der Waals surface area contributed by atoms with E-state index in [-0.39, 0.29) is 35.0 Å². The number of rotatable bonds is 35. The van der Waals surface area contributed by atoms with Gasteiger partial charge in [-0.2, -0.15) is 0 Å². The zero-order valence-corrected chi connectivity index (χ0v) is 51.4. The van der Waals surface area contributed by atoms with Crippen LogP contribution in [0.15, 0.2) is 86.2 Å². The molecule has 0 saturated carbocycles. The summed E-state index contributed by atoms with van der Waals surface area (Å²) in [7, 11) is 0. The van der Waals surface area contributed by atoms with Crippen molar-refractivity contribution < 1.29 is 32.7 Å². The molecule has 2 aromatic heterocycles. The van der Waals surface area contributed by atoms with Crippen LogP contribution < -0.4 is 64.5 Å². The summed E-state index contributed by atoms with van der Waals surface area (Å²) < 4.78 is 16.9. The van der Waals surface area contributed by atoms with E-state index in [1.165, 1.54) is 66.9 Å². The standard InChI is InChI=1S/C23H31N3O5.2C17H24N2O3.C8H11NO2/c1-3-5-7-8-9-12-24-17-18(20(28)19(17)27)25-23-11-10-14(31-23)15-16(23)22(30)26(21(15)29)13-6-4-2;2*1-3-4-5-6-7-10-18-14-15(17(21)16(14)20)19-11-13-9-8-12(2)22-13;1-2-3-6-9-7(10)4-5-8(9)11/h10-11,14-16,24-25H,3-9,12-13H2,1-2H3;2*8-9,18-19H,3-7,10-11H2,1-2H3;4-5H,2-3,6H2,1H3. The maximum atomic E-state index is 13.1. The Balaban J connectivity index is 0.000000193. The first kappa shape index (κ1) is 67.4. The van der Waals surface area contributed by atoms with E-state index in [2.05, 4.69) is 52.7 Å². The van der Waals surface area contributed by atoms with Gasteiger partial charge in [0.25, 0.3) is 44.4 Å². The number of nitrogens with zero attached hydrogens (tertiary/aromatic N) is 2. The van der Waals surface area contributed by atoms with Crippen LogP contribution in [0.25, 0.3) is 0 Å². The van der Waals surface area contributed by atoms with E-state index in [4.69, 9.17) is 13.6 Å². The predicted molar refractivity (Wildman–Crippen MR) is 337 cm³/mol. The smallest absolute Gasteiger partial charge is 0.253 e. The first-order valence-corrected chi connectivity index (χ1v) is 31.3. The second-order valence-electron chi connectivity index (χ2n) is 22.5. The van der Waals surface area contributed by atoms with Gasteiger partial charge in [0.1, 0.15) is 63.1 Å². The van der Waals surface area contributed by atoms with Crippen LogP contribution in [0.1, 0.15) is 180 Å². The summed E-state index contributed by atoms with van der Waals surface area (Å²) in [5, 5.41) is 18.3. The second kappa shape index (κ2) is 33.3. The SMILES string of the molecule is CCCCCCCNc1c(NC23C=CC(O2)C2C(=O)N(CCCC)C(=O)C23)c(=O)c1=O.CCCCCCCNc1c(NCc2ccc(C)o2)c(=O)c1=O.CCCCCCCNc1c(NCc2ccc(C)o2)c(=O)c1=O.CCCCN1C(=O)C=CC1=O.